The number of nitriles is 2. The van der Waals surface area contributed by atoms with Gasteiger partial charge >= 0.3 is 0 Å². The van der Waals surface area contributed by atoms with Gasteiger partial charge in [0.1, 0.15) is 40.9 Å². The highest BCUT2D eigenvalue weighted by atomic mass is 32.2. The van der Waals surface area contributed by atoms with Gasteiger partial charge in [0.2, 0.25) is 0 Å². The summed E-state index contributed by atoms with van der Waals surface area (Å²) in [5.74, 6) is 1.28. The lowest BCUT2D eigenvalue weighted by molar-refractivity contribution is 0.146. The van der Waals surface area contributed by atoms with Crippen LogP contribution in [-0.4, -0.2) is 35.5 Å². The Bertz CT molecular complexity index is 1090. The standard InChI is InChI=1S/C21H18N6O2S/c1-28-8-9-29-16-4-2-15(3-5-16)19-17(10-22)20(24)27-21(18(19)11-23)30-13-14-6-7-25-26-12-14/h2-7,12H,8-9,13H2,1H3,(H2,24,27). The monoisotopic (exact) mass is 418 g/mol. The van der Waals surface area contributed by atoms with Crippen molar-refractivity contribution in [2.24, 2.45) is 0 Å². The molecule has 150 valence electrons. The Morgan fingerprint density at radius 3 is 2.43 bits per heavy atom. The summed E-state index contributed by atoms with van der Waals surface area (Å²) in [5.41, 5.74) is 8.62. The number of pyridine rings is 1. The van der Waals surface area contributed by atoms with E-state index in [4.69, 9.17) is 15.2 Å². The number of hydrogen-bond donors (Lipinski definition) is 1. The molecule has 30 heavy (non-hydrogen) atoms. The van der Waals surface area contributed by atoms with Crippen LogP contribution in [0, 0.1) is 22.7 Å². The first-order valence-electron chi connectivity index (χ1n) is 8.92. The van der Waals surface area contributed by atoms with Gasteiger partial charge in [-0.05, 0) is 29.3 Å². The summed E-state index contributed by atoms with van der Waals surface area (Å²) in [7, 11) is 1.61. The van der Waals surface area contributed by atoms with Gasteiger partial charge in [-0.2, -0.15) is 20.7 Å². The molecule has 0 unspecified atom stereocenters. The van der Waals surface area contributed by atoms with Crippen molar-refractivity contribution in [2.75, 3.05) is 26.1 Å². The number of hydrogen-bond acceptors (Lipinski definition) is 9. The summed E-state index contributed by atoms with van der Waals surface area (Å²) in [6.07, 6.45) is 3.25. The molecule has 0 fully saturated rings. The minimum atomic E-state index is 0.0854. The average Bonchev–Trinajstić information content (AvgIpc) is 2.78. The number of anilines is 1. The Balaban J connectivity index is 1.97. The lowest BCUT2D eigenvalue weighted by Gasteiger charge is -2.13. The third-order valence-electron chi connectivity index (χ3n) is 4.14. The summed E-state index contributed by atoms with van der Waals surface area (Å²) in [6.45, 7) is 0.906. The molecule has 9 heteroatoms. The first kappa shape index (κ1) is 21.1. The maximum Gasteiger partial charge on any atom is 0.143 e. The molecule has 0 aliphatic rings. The third-order valence-corrected chi connectivity index (χ3v) is 5.18. The molecule has 0 radical (unpaired) electrons. The Kier molecular flexibility index (Phi) is 7.17. The maximum absolute atomic E-state index is 9.85. The predicted molar refractivity (Wildman–Crippen MR) is 112 cm³/mol. The number of aromatic nitrogens is 3. The zero-order valence-electron chi connectivity index (χ0n) is 16.2. The van der Waals surface area contributed by atoms with E-state index in [-0.39, 0.29) is 11.4 Å². The molecule has 0 saturated carbocycles. The van der Waals surface area contributed by atoms with Crippen LogP contribution in [0.1, 0.15) is 16.7 Å². The highest BCUT2D eigenvalue weighted by Gasteiger charge is 2.20. The van der Waals surface area contributed by atoms with E-state index >= 15 is 0 Å². The van der Waals surface area contributed by atoms with E-state index in [9.17, 15) is 10.5 Å². The van der Waals surface area contributed by atoms with Crippen LogP contribution < -0.4 is 10.5 Å². The van der Waals surface area contributed by atoms with E-state index in [1.54, 1.807) is 43.8 Å². The van der Waals surface area contributed by atoms with Gasteiger partial charge in [0, 0.05) is 24.6 Å². The number of thioether (sulfide) groups is 1. The number of methoxy groups -OCH3 is 1. The number of rotatable bonds is 8. The Morgan fingerprint density at radius 1 is 1.03 bits per heavy atom. The molecule has 8 nitrogen and oxygen atoms in total. The number of nitrogen functional groups attached to an aromatic ring is 1. The highest BCUT2D eigenvalue weighted by molar-refractivity contribution is 7.98. The molecule has 3 aromatic rings. The second kappa shape index (κ2) is 10.2. The Hall–Kier alpha value is -3.66. The summed E-state index contributed by atoms with van der Waals surface area (Å²) >= 11 is 1.35. The van der Waals surface area contributed by atoms with E-state index in [0.29, 0.717) is 46.4 Å². The van der Waals surface area contributed by atoms with Crippen LogP contribution in [-0.2, 0) is 10.5 Å². The third kappa shape index (κ3) is 4.84. The number of nitrogens with zero attached hydrogens (tertiary/aromatic N) is 5. The first-order valence-corrected chi connectivity index (χ1v) is 9.90. The minimum absolute atomic E-state index is 0.0854. The summed E-state index contributed by atoms with van der Waals surface area (Å²) < 4.78 is 10.5. The van der Waals surface area contributed by atoms with Gasteiger partial charge in [0.05, 0.1) is 18.4 Å². The molecule has 0 amide bonds. The van der Waals surface area contributed by atoms with Crippen LogP contribution >= 0.6 is 11.8 Å². The lowest BCUT2D eigenvalue weighted by Crippen LogP contribution is -2.05. The van der Waals surface area contributed by atoms with Crippen LogP contribution in [0.3, 0.4) is 0 Å². The summed E-state index contributed by atoms with van der Waals surface area (Å²) in [5, 5.41) is 27.6. The Labute approximate surface area is 178 Å². The van der Waals surface area contributed by atoms with Gasteiger partial charge in [0.25, 0.3) is 0 Å². The van der Waals surface area contributed by atoms with E-state index in [0.717, 1.165) is 5.56 Å². The average molecular weight is 418 g/mol. The van der Waals surface area contributed by atoms with Crippen LogP contribution in [0.2, 0.25) is 0 Å². The number of nitrogens with two attached hydrogens (primary N) is 1. The van der Waals surface area contributed by atoms with Crippen LogP contribution in [0.15, 0.2) is 47.8 Å². The molecule has 0 bridgehead atoms. The smallest absolute Gasteiger partial charge is 0.143 e. The number of benzene rings is 1. The molecule has 0 aliphatic heterocycles. The predicted octanol–water partition coefficient (Wildman–Crippen LogP) is 3.18. The second-order valence-corrected chi connectivity index (χ2v) is 7.02. The fourth-order valence-corrected chi connectivity index (χ4v) is 3.64. The maximum atomic E-state index is 9.85. The van der Waals surface area contributed by atoms with Gasteiger partial charge < -0.3 is 15.2 Å². The quantitative estimate of drug-likeness (QED) is 0.433. The normalized spacial score (nSPS) is 10.2. The van der Waals surface area contributed by atoms with E-state index < -0.39 is 0 Å². The summed E-state index contributed by atoms with van der Waals surface area (Å²) in [6, 6.07) is 13.2. The fourth-order valence-electron chi connectivity index (χ4n) is 2.71. The Morgan fingerprint density at radius 2 is 1.80 bits per heavy atom. The lowest BCUT2D eigenvalue weighted by atomic mass is 9.97. The van der Waals surface area contributed by atoms with E-state index in [1.165, 1.54) is 11.8 Å². The molecule has 0 spiro atoms. The summed E-state index contributed by atoms with van der Waals surface area (Å²) in [4.78, 5) is 4.30. The minimum Gasteiger partial charge on any atom is -0.491 e. The second-order valence-electron chi connectivity index (χ2n) is 6.06. The number of ether oxygens (including phenoxy) is 2. The van der Waals surface area contributed by atoms with Crippen molar-refractivity contribution < 1.29 is 9.47 Å². The zero-order valence-corrected chi connectivity index (χ0v) is 17.0. The van der Waals surface area contributed by atoms with Crippen molar-refractivity contribution in [2.45, 2.75) is 10.8 Å². The van der Waals surface area contributed by atoms with Gasteiger partial charge in [0.15, 0.2) is 0 Å². The van der Waals surface area contributed by atoms with Crippen LogP contribution in [0.4, 0.5) is 5.82 Å². The van der Waals surface area contributed by atoms with Crippen molar-refractivity contribution in [1.29, 1.82) is 10.5 Å². The molecule has 0 saturated heterocycles. The molecule has 3 rings (SSSR count). The molecular weight excluding hydrogens is 400 g/mol. The molecule has 1 aromatic carbocycles. The van der Waals surface area contributed by atoms with Crippen molar-refractivity contribution in [3.05, 3.63) is 59.4 Å². The molecule has 2 heterocycles. The van der Waals surface area contributed by atoms with Crippen LogP contribution in [0.25, 0.3) is 11.1 Å². The van der Waals surface area contributed by atoms with Gasteiger partial charge in [-0.1, -0.05) is 12.1 Å². The van der Waals surface area contributed by atoms with Crippen molar-refractivity contribution >= 4 is 17.6 Å². The first-order chi connectivity index (χ1) is 14.7. The largest absolute Gasteiger partial charge is 0.491 e. The van der Waals surface area contributed by atoms with E-state index in [2.05, 4.69) is 27.3 Å². The molecule has 0 aliphatic carbocycles. The zero-order chi connectivity index (χ0) is 21.3. The molecular formula is C21H18N6O2S. The van der Waals surface area contributed by atoms with Crippen LogP contribution in [0.5, 0.6) is 5.75 Å². The molecule has 0 atom stereocenters. The molecule has 2 aromatic heterocycles. The van der Waals surface area contributed by atoms with Crippen molar-refractivity contribution in [3.8, 4) is 29.0 Å². The van der Waals surface area contributed by atoms with Gasteiger partial charge in [-0.3, -0.25) is 0 Å². The topological polar surface area (TPSA) is 131 Å². The van der Waals surface area contributed by atoms with Gasteiger partial charge in [-0.15, -0.1) is 11.8 Å². The molecule has 2 N–H and O–H groups in total. The van der Waals surface area contributed by atoms with Gasteiger partial charge in [-0.25, -0.2) is 4.98 Å². The van der Waals surface area contributed by atoms with E-state index in [1.807, 2.05) is 6.07 Å². The van der Waals surface area contributed by atoms with Crippen molar-refractivity contribution in [1.82, 2.24) is 15.2 Å². The highest BCUT2D eigenvalue weighted by Crippen LogP contribution is 2.37. The fraction of sp³-hybridized carbons (Fsp3) is 0.190. The van der Waals surface area contributed by atoms with Crippen molar-refractivity contribution in [3.63, 3.8) is 0 Å². The SMILES string of the molecule is COCCOc1ccc(-c2c(C#N)c(N)nc(SCc3ccnnc3)c2C#N)cc1.